The van der Waals surface area contributed by atoms with Gasteiger partial charge < -0.3 is 34.3 Å². The second-order valence-corrected chi connectivity index (χ2v) is 8.99. The van der Waals surface area contributed by atoms with Gasteiger partial charge in [-0.25, -0.2) is 0 Å². The van der Waals surface area contributed by atoms with E-state index >= 15 is 0 Å². The van der Waals surface area contributed by atoms with Crippen LogP contribution in [-0.2, 0) is 6.54 Å². The first-order chi connectivity index (χ1) is 17.5. The Bertz CT molecular complexity index is 1240. The lowest BCUT2D eigenvalue weighted by Crippen LogP contribution is -2.38. The number of rotatable bonds is 11. The van der Waals surface area contributed by atoms with Crippen molar-refractivity contribution in [2.24, 2.45) is 0 Å². The van der Waals surface area contributed by atoms with Gasteiger partial charge in [0.05, 0.1) is 18.7 Å². The summed E-state index contributed by atoms with van der Waals surface area (Å²) in [6, 6.07) is 13.3. The van der Waals surface area contributed by atoms with Crippen molar-refractivity contribution in [3.63, 3.8) is 0 Å². The molecule has 2 heterocycles. The highest BCUT2D eigenvalue weighted by Crippen LogP contribution is 2.35. The Morgan fingerprint density at radius 3 is 2.47 bits per heavy atom. The number of hydrogen-bond acceptors (Lipinski definition) is 6. The summed E-state index contributed by atoms with van der Waals surface area (Å²) in [4.78, 5) is 20.4. The van der Waals surface area contributed by atoms with E-state index in [0.717, 1.165) is 54.9 Å². The summed E-state index contributed by atoms with van der Waals surface area (Å²) in [6.45, 7) is 11.2. The van der Waals surface area contributed by atoms with Gasteiger partial charge in [0.25, 0.3) is 5.56 Å². The normalized spacial score (nSPS) is 12.2. The van der Waals surface area contributed by atoms with Crippen LogP contribution in [0.3, 0.4) is 0 Å². The molecule has 2 N–H and O–H groups in total. The molecular weight excluding hydrogens is 476 g/mol. The van der Waals surface area contributed by atoms with Crippen LogP contribution in [0.2, 0.25) is 0 Å². The molecule has 3 aromatic rings. The first-order valence-corrected chi connectivity index (χ1v) is 12.9. The molecule has 0 aliphatic carbocycles. The van der Waals surface area contributed by atoms with Crippen molar-refractivity contribution in [3.8, 4) is 17.2 Å². The third-order valence-electron chi connectivity index (χ3n) is 6.28. The Morgan fingerprint density at radius 2 is 1.78 bits per heavy atom. The molecule has 1 aliphatic rings. The maximum atomic E-state index is 13.0. The molecule has 9 heteroatoms. The van der Waals surface area contributed by atoms with E-state index in [1.807, 2.05) is 49.4 Å². The summed E-state index contributed by atoms with van der Waals surface area (Å²) < 4.78 is 16.5. The van der Waals surface area contributed by atoms with E-state index in [9.17, 15) is 4.79 Å². The summed E-state index contributed by atoms with van der Waals surface area (Å²) in [6.07, 6.45) is 0.928. The number of aromatic amines is 1. The molecule has 4 rings (SSSR count). The van der Waals surface area contributed by atoms with E-state index in [-0.39, 0.29) is 12.4 Å². The lowest BCUT2D eigenvalue weighted by molar-refractivity contribution is 0.174. The van der Waals surface area contributed by atoms with Gasteiger partial charge in [0.2, 0.25) is 6.79 Å². The average molecular weight is 511 g/mol. The topological polar surface area (TPSA) is 79.1 Å². The molecule has 0 unspecified atom stereocenters. The van der Waals surface area contributed by atoms with Crippen LogP contribution in [0.5, 0.6) is 17.2 Å². The Labute approximate surface area is 217 Å². The molecule has 0 saturated heterocycles. The number of thiocarbonyl (C=S) groups is 1. The van der Waals surface area contributed by atoms with Crippen LogP contribution in [0, 0.1) is 0 Å². The number of H-pyrrole nitrogens is 1. The van der Waals surface area contributed by atoms with Crippen LogP contribution in [0.15, 0.2) is 47.3 Å². The number of pyridine rings is 1. The smallest absolute Gasteiger partial charge is 0.253 e. The first kappa shape index (κ1) is 25.8. The molecule has 36 heavy (non-hydrogen) atoms. The molecule has 1 aliphatic heterocycles. The highest BCUT2D eigenvalue weighted by atomic mass is 32.1. The highest BCUT2D eigenvalue weighted by molar-refractivity contribution is 7.80. The Balaban J connectivity index is 1.54. The fourth-order valence-electron chi connectivity index (χ4n) is 4.25. The van der Waals surface area contributed by atoms with Gasteiger partial charge >= 0.3 is 0 Å². The van der Waals surface area contributed by atoms with Crippen LogP contribution < -0.4 is 25.1 Å². The number of anilines is 1. The zero-order chi connectivity index (χ0) is 25.5. The summed E-state index contributed by atoms with van der Waals surface area (Å²) >= 11 is 5.80. The Hall–Kier alpha value is -3.30. The predicted octanol–water partition coefficient (Wildman–Crippen LogP) is 4.59. The molecular formula is C27H34N4O4S. The molecule has 0 bridgehead atoms. The predicted molar refractivity (Wildman–Crippen MR) is 147 cm³/mol. The molecule has 8 nitrogen and oxygen atoms in total. The number of nitrogens with one attached hydrogen (secondary N) is 2. The van der Waals surface area contributed by atoms with Crippen molar-refractivity contribution in [2.75, 3.05) is 44.9 Å². The molecule has 0 amide bonds. The van der Waals surface area contributed by atoms with E-state index in [0.29, 0.717) is 35.3 Å². The van der Waals surface area contributed by atoms with Gasteiger partial charge in [0.15, 0.2) is 16.6 Å². The summed E-state index contributed by atoms with van der Waals surface area (Å²) in [5.74, 6) is 2.14. The zero-order valence-corrected chi connectivity index (χ0v) is 22.0. The molecule has 192 valence electrons. The van der Waals surface area contributed by atoms with Gasteiger partial charge in [0.1, 0.15) is 5.75 Å². The SMILES string of the molecule is CCOc1ccc(NC(=S)N(CCCN(CC)CC)Cc2cc3cc4c(cc3[nH]c2=O)OCO4)cc1. The van der Waals surface area contributed by atoms with Crippen molar-refractivity contribution in [2.45, 2.75) is 33.7 Å². The molecule has 0 radical (unpaired) electrons. The number of hydrogen-bond donors (Lipinski definition) is 2. The third-order valence-corrected chi connectivity index (χ3v) is 6.64. The second-order valence-electron chi connectivity index (χ2n) is 8.61. The minimum absolute atomic E-state index is 0.140. The van der Waals surface area contributed by atoms with Crippen LogP contribution in [0.1, 0.15) is 32.8 Å². The van der Waals surface area contributed by atoms with E-state index in [1.165, 1.54) is 0 Å². The molecule has 0 atom stereocenters. The lowest BCUT2D eigenvalue weighted by Gasteiger charge is -2.27. The maximum Gasteiger partial charge on any atom is 0.253 e. The van der Waals surface area contributed by atoms with Gasteiger partial charge in [-0.15, -0.1) is 0 Å². The van der Waals surface area contributed by atoms with Crippen molar-refractivity contribution >= 4 is 33.9 Å². The Kier molecular flexibility index (Phi) is 8.66. The summed E-state index contributed by atoms with van der Waals surface area (Å²) in [5, 5.41) is 4.79. The van der Waals surface area contributed by atoms with Crippen LogP contribution >= 0.6 is 12.2 Å². The van der Waals surface area contributed by atoms with Crippen molar-refractivity contribution < 1.29 is 14.2 Å². The quantitative estimate of drug-likeness (QED) is 0.363. The lowest BCUT2D eigenvalue weighted by atomic mass is 10.1. The third kappa shape index (κ3) is 6.27. The molecule has 0 spiro atoms. The minimum atomic E-state index is -0.140. The second kappa shape index (κ2) is 12.1. The number of fused-ring (bicyclic) bond motifs is 2. The monoisotopic (exact) mass is 510 g/mol. The van der Waals surface area contributed by atoms with Crippen molar-refractivity contribution in [1.29, 1.82) is 0 Å². The minimum Gasteiger partial charge on any atom is -0.494 e. The number of aromatic nitrogens is 1. The standard InChI is InChI=1S/C27H34N4O4S/c1-4-30(5-2)12-7-13-31(27(36)28-21-8-10-22(11-9-21)33-6-3)17-20-14-19-15-24-25(35-18-34-24)16-23(19)29-26(20)32/h8-11,14-16H,4-7,12-13,17-18H2,1-3H3,(H,28,36)(H,29,32). The number of nitrogens with zero attached hydrogens (tertiary/aromatic N) is 2. The summed E-state index contributed by atoms with van der Waals surface area (Å²) in [5.41, 5.74) is 2.09. The van der Waals surface area contributed by atoms with Crippen molar-refractivity contribution in [3.05, 3.63) is 58.4 Å². The van der Waals surface area contributed by atoms with Gasteiger partial charge in [0, 0.05) is 29.2 Å². The van der Waals surface area contributed by atoms with Gasteiger partial charge in [-0.1, -0.05) is 13.8 Å². The van der Waals surface area contributed by atoms with Gasteiger partial charge in [-0.3, -0.25) is 4.79 Å². The molecule has 0 saturated carbocycles. The van der Waals surface area contributed by atoms with Crippen LogP contribution in [-0.4, -0.2) is 59.5 Å². The fraction of sp³-hybridized carbons (Fsp3) is 0.407. The van der Waals surface area contributed by atoms with Gasteiger partial charge in [-0.2, -0.15) is 0 Å². The average Bonchev–Trinajstić information content (AvgIpc) is 3.33. The Morgan fingerprint density at radius 1 is 1.06 bits per heavy atom. The number of benzene rings is 2. The van der Waals surface area contributed by atoms with Crippen molar-refractivity contribution in [1.82, 2.24) is 14.8 Å². The van der Waals surface area contributed by atoms with Gasteiger partial charge in [-0.05, 0) is 81.6 Å². The molecule has 0 fully saturated rings. The van der Waals surface area contributed by atoms with E-state index in [2.05, 4.69) is 33.9 Å². The highest BCUT2D eigenvalue weighted by Gasteiger charge is 2.18. The van der Waals surface area contributed by atoms with E-state index in [4.69, 9.17) is 26.4 Å². The fourth-order valence-corrected chi connectivity index (χ4v) is 4.52. The van der Waals surface area contributed by atoms with E-state index < -0.39 is 0 Å². The van der Waals surface area contributed by atoms with Crippen LogP contribution in [0.4, 0.5) is 5.69 Å². The largest absolute Gasteiger partial charge is 0.494 e. The first-order valence-electron chi connectivity index (χ1n) is 12.5. The zero-order valence-electron chi connectivity index (χ0n) is 21.1. The maximum absolute atomic E-state index is 13.0. The summed E-state index contributed by atoms with van der Waals surface area (Å²) in [7, 11) is 0. The molecule has 1 aromatic heterocycles. The van der Waals surface area contributed by atoms with E-state index in [1.54, 1.807) is 0 Å². The number of ether oxygens (including phenoxy) is 3. The molecule has 2 aromatic carbocycles. The van der Waals surface area contributed by atoms with Crippen LogP contribution in [0.25, 0.3) is 10.9 Å².